The van der Waals surface area contributed by atoms with E-state index < -0.39 is 0 Å². The van der Waals surface area contributed by atoms with Gasteiger partial charge in [-0.15, -0.1) is 0 Å². The molecule has 1 aromatic carbocycles. The van der Waals surface area contributed by atoms with Crippen molar-refractivity contribution in [2.75, 3.05) is 10.7 Å². The van der Waals surface area contributed by atoms with Crippen LogP contribution in [0.1, 0.15) is 18.2 Å². The number of carbonyl (C=O) groups is 2. The van der Waals surface area contributed by atoms with Gasteiger partial charge in [-0.3, -0.25) is 19.5 Å². The fourth-order valence-corrected chi connectivity index (χ4v) is 4.18. The molecule has 3 aromatic rings. The van der Waals surface area contributed by atoms with Gasteiger partial charge in [-0.2, -0.15) is 0 Å². The van der Waals surface area contributed by atoms with Gasteiger partial charge in [-0.05, 0) is 30.7 Å². The molecule has 3 rings (SSSR count). The molecule has 134 valence electrons. The largest absolute Gasteiger partial charge is 0.288 e. The molecule has 0 radical (unpaired) electrons. The van der Waals surface area contributed by atoms with E-state index in [0.29, 0.717) is 10.2 Å². The molecule has 0 atom stereocenters. The van der Waals surface area contributed by atoms with Gasteiger partial charge < -0.3 is 0 Å². The van der Waals surface area contributed by atoms with E-state index in [4.69, 9.17) is 11.6 Å². The Kier molecular flexibility index (Phi) is 5.90. The molecule has 2 heterocycles. The first kappa shape index (κ1) is 18.8. The summed E-state index contributed by atoms with van der Waals surface area (Å²) in [6.07, 6.45) is 1.68. The van der Waals surface area contributed by atoms with Gasteiger partial charge in [0.25, 0.3) is 0 Å². The second-order valence-electron chi connectivity index (χ2n) is 5.62. The molecule has 1 amide bonds. The Hall–Kier alpha value is -1.96. The number of benzene rings is 1. The van der Waals surface area contributed by atoms with E-state index in [1.165, 1.54) is 18.3 Å². The van der Waals surface area contributed by atoms with Crippen LogP contribution in [0.5, 0.6) is 0 Å². The lowest BCUT2D eigenvalue weighted by Crippen LogP contribution is -2.32. The number of halogens is 1. The molecular weight excluding hydrogens is 390 g/mol. The van der Waals surface area contributed by atoms with Crippen molar-refractivity contribution in [1.82, 2.24) is 9.97 Å². The van der Waals surface area contributed by atoms with Crippen molar-refractivity contribution in [1.29, 1.82) is 0 Å². The summed E-state index contributed by atoms with van der Waals surface area (Å²) < 4.78 is 0.847. The highest BCUT2D eigenvalue weighted by molar-refractivity contribution is 8.14. The van der Waals surface area contributed by atoms with Crippen molar-refractivity contribution in [3.8, 4) is 0 Å². The maximum atomic E-state index is 12.8. The maximum absolute atomic E-state index is 12.8. The van der Waals surface area contributed by atoms with E-state index in [0.717, 1.165) is 33.2 Å². The van der Waals surface area contributed by atoms with Crippen molar-refractivity contribution in [2.24, 2.45) is 0 Å². The lowest BCUT2D eigenvalue weighted by atomic mass is 10.2. The number of fused-ring (bicyclic) bond motifs is 1. The van der Waals surface area contributed by atoms with E-state index in [-0.39, 0.29) is 23.3 Å². The standard InChI is InChI=1S/C18H16ClN3O2S2/c1-11-6-7-14(19)17-16(11)21-18(26-17)22(15(24)10-25-12(2)23)9-13-5-3-4-8-20-13/h3-8H,9-10H2,1-2H3. The van der Waals surface area contributed by atoms with E-state index >= 15 is 0 Å². The van der Waals surface area contributed by atoms with Crippen molar-refractivity contribution in [2.45, 2.75) is 20.4 Å². The lowest BCUT2D eigenvalue weighted by Gasteiger charge is -2.19. The van der Waals surface area contributed by atoms with Crippen LogP contribution in [0.2, 0.25) is 5.02 Å². The highest BCUT2D eigenvalue weighted by Crippen LogP contribution is 2.36. The lowest BCUT2D eigenvalue weighted by molar-refractivity contribution is -0.116. The first-order valence-electron chi connectivity index (χ1n) is 7.85. The molecule has 0 spiro atoms. The number of aromatic nitrogens is 2. The SMILES string of the molecule is CC(=O)SCC(=O)N(Cc1ccccn1)c1nc2c(C)ccc(Cl)c2s1. The normalized spacial score (nSPS) is 10.9. The quantitative estimate of drug-likeness (QED) is 0.626. The Morgan fingerprint density at radius 3 is 2.73 bits per heavy atom. The highest BCUT2D eigenvalue weighted by atomic mass is 35.5. The van der Waals surface area contributed by atoms with Crippen LogP contribution in [0.4, 0.5) is 5.13 Å². The van der Waals surface area contributed by atoms with Crippen LogP contribution in [0.25, 0.3) is 10.2 Å². The average Bonchev–Trinajstić information content (AvgIpc) is 3.08. The summed E-state index contributed by atoms with van der Waals surface area (Å²) in [6.45, 7) is 3.69. The van der Waals surface area contributed by atoms with Crippen molar-refractivity contribution < 1.29 is 9.59 Å². The third-order valence-electron chi connectivity index (χ3n) is 3.66. The van der Waals surface area contributed by atoms with Gasteiger partial charge in [0, 0.05) is 13.1 Å². The van der Waals surface area contributed by atoms with Gasteiger partial charge in [-0.25, -0.2) is 4.98 Å². The molecule has 0 saturated carbocycles. The number of pyridine rings is 1. The van der Waals surface area contributed by atoms with Crippen LogP contribution in [-0.4, -0.2) is 26.7 Å². The molecule has 0 aliphatic carbocycles. The molecule has 0 unspecified atom stereocenters. The van der Waals surface area contributed by atoms with Gasteiger partial charge in [0.15, 0.2) is 10.2 Å². The van der Waals surface area contributed by atoms with E-state index in [2.05, 4.69) is 9.97 Å². The molecule has 0 aliphatic heterocycles. The minimum atomic E-state index is -0.191. The Bertz CT molecular complexity index is 921. The van der Waals surface area contributed by atoms with Crippen LogP contribution < -0.4 is 4.90 Å². The molecule has 0 fully saturated rings. The average molecular weight is 406 g/mol. The molecule has 0 saturated heterocycles. The summed E-state index contributed by atoms with van der Waals surface area (Å²) in [5.41, 5.74) is 2.53. The predicted molar refractivity (Wildman–Crippen MR) is 108 cm³/mol. The van der Waals surface area contributed by atoms with Crippen LogP contribution in [-0.2, 0) is 16.1 Å². The van der Waals surface area contributed by atoms with Crippen LogP contribution in [0.3, 0.4) is 0 Å². The number of thiazole rings is 1. The fraction of sp³-hybridized carbons (Fsp3) is 0.222. The third kappa shape index (κ3) is 4.23. The predicted octanol–water partition coefficient (Wildman–Crippen LogP) is 4.47. The summed E-state index contributed by atoms with van der Waals surface area (Å²) >= 11 is 8.65. The molecule has 0 aliphatic rings. The van der Waals surface area contributed by atoms with Crippen LogP contribution in [0, 0.1) is 6.92 Å². The number of thioether (sulfide) groups is 1. The smallest absolute Gasteiger partial charge is 0.239 e. The van der Waals surface area contributed by atoms with E-state index in [1.807, 2.05) is 37.3 Å². The minimum Gasteiger partial charge on any atom is -0.288 e. The Morgan fingerprint density at radius 1 is 1.27 bits per heavy atom. The number of carbonyl (C=O) groups excluding carboxylic acids is 2. The topological polar surface area (TPSA) is 63.2 Å². The van der Waals surface area contributed by atoms with Gasteiger partial charge in [0.2, 0.25) is 5.91 Å². The first-order chi connectivity index (χ1) is 12.5. The molecule has 0 N–H and O–H groups in total. The number of amides is 1. The maximum Gasteiger partial charge on any atom is 0.239 e. The number of rotatable bonds is 5. The molecule has 0 bridgehead atoms. The second kappa shape index (κ2) is 8.16. The Morgan fingerprint density at radius 2 is 2.08 bits per heavy atom. The van der Waals surface area contributed by atoms with Gasteiger partial charge >= 0.3 is 0 Å². The van der Waals surface area contributed by atoms with Gasteiger partial charge in [0.05, 0.1) is 33.2 Å². The number of hydrogen-bond acceptors (Lipinski definition) is 6. The monoisotopic (exact) mass is 405 g/mol. The number of nitrogens with zero attached hydrogens (tertiary/aromatic N) is 3. The van der Waals surface area contributed by atoms with Gasteiger partial charge in [-0.1, -0.05) is 46.8 Å². The zero-order valence-corrected chi connectivity index (χ0v) is 16.6. The number of aryl methyl sites for hydroxylation is 1. The zero-order chi connectivity index (χ0) is 18.7. The highest BCUT2D eigenvalue weighted by Gasteiger charge is 2.22. The third-order valence-corrected chi connectivity index (χ3v) is 6.00. The van der Waals surface area contributed by atoms with Gasteiger partial charge in [0.1, 0.15) is 0 Å². The van der Waals surface area contributed by atoms with Crippen LogP contribution in [0.15, 0.2) is 36.5 Å². The summed E-state index contributed by atoms with van der Waals surface area (Å²) in [5.74, 6) is -0.131. The van der Waals surface area contributed by atoms with E-state index in [9.17, 15) is 9.59 Å². The first-order valence-corrected chi connectivity index (χ1v) is 10.0. The van der Waals surface area contributed by atoms with E-state index in [1.54, 1.807) is 11.1 Å². The van der Waals surface area contributed by atoms with Crippen molar-refractivity contribution >= 4 is 61.1 Å². The summed E-state index contributed by atoms with van der Waals surface area (Å²) in [4.78, 5) is 34.5. The summed E-state index contributed by atoms with van der Waals surface area (Å²) in [6, 6.07) is 9.28. The Balaban J connectivity index is 1.99. The fourth-order valence-electron chi connectivity index (χ4n) is 2.36. The second-order valence-corrected chi connectivity index (χ2v) is 8.16. The summed E-state index contributed by atoms with van der Waals surface area (Å²) in [5, 5.41) is 1.06. The summed E-state index contributed by atoms with van der Waals surface area (Å²) in [7, 11) is 0. The van der Waals surface area contributed by atoms with Crippen molar-refractivity contribution in [3.63, 3.8) is 0 Å². The molecule has 26 heavy (non-hydrogen) atoms. The molecule has 8 heteroatoms. The number of hydrogen-bond donors (Lipinski definition) is 0. The zero-order valence-electron chi connectivity index (χ0n) is 14.2. The molecule has 2 aromatic heterocycles. The van der Waals surface area contributed by atoms with Crippen LogP contribution >= 0.6 is 34.7 Å². The number of anilines is 1. The molecule has 5 nitrogen and oxygen atoms in total. The Labute approximate surface area is 164 Å². The molecular formula is C18H16ClN3O2S2. The van der Waals surface area contributed by atoms with Crippen molar-refractivity contribution in [3.05, 3.63) is 52.8 Å². The minimum absolute atomic E-state index is 0.0603.